The molecule has 0 spiro atoms. The summed E-state index contributed by atoms with van der Waals surface area (Å²) in [5.74, 6) is -0.0696. The Kier molecular flexibility index (Phi) is 4.64. The second kappa shape index (κ2) is 6.85. The molecule has 5 nitrogen and oxygen atoms in total. The number of hydrogen-bond acceptors (Lipinski definition) is 5. The summed E-state index contributed by atoms with van der Waals surface area (Å²) in [7, 11) is 3.98. The molecule has 1 amide bonds. The van der Waals surface area contributed by atoms with E-state index in [1.165, 1.54) is 0 Å². The number of nitrogens with zero attached hydrogens (tertiary/aromatic N) is 3. The van der Waals surface area contributed by atoms with Gasteiger partial charge in [-0.2, -0.15) is 0 Å². The summed E-state index contributed by atoms with van der Waals surface area (Å²) in [5.41, 5.74) is 2.60. The van der Waals surface area contributed by atoms with Crippen LogP contribution in [0.1, 0.15) is 20.9 Å². The molecular weight excluding hydrogens is 308 g/mol. The third-order valence-electron chi connectivity index (χ3n) is 3.38. The first-order chi connectivity index (χ1) is 11.1. The van der Waals surface area contributed by atoms with Crippen molar-refractivity contribution in [2.24, 2.45) is 0 Å². The van der Waals surface area contributed by atoms with E-state index in [1.807, 2.05) is 49.3 Å². The molecule has 1 N–H and O–H groups in total. The van der Waals surface area contributed by atoms with Gasteiger partial charge in [0.15, 0.2) is 0 Å². The van der Waals surface area contributed by atoms with Gasteiger partial charge >= 0.3 is 0 Å². The maximum absolute atomic E-state index is 12.5. The molecule has 6 heteroatoms. The summed E-state index contributed by atoms with van der Waals surface area (Å²) < 4.78 is 1.08. The van der Waals surface area contributed by atoms with Gasteiger partial charge in [-0.25, -0.2) is 4.98 Å². The predicted octanol–water partition coefficient (Wildman–Crippen LogP) is 2.68. The third-order valence-corrected chi connectivity index (χ3v) is 4.42. The van der Waals surface area contributed by atoms with Crippen molar-refractivity contribution in [3.63, 3.8) is 0 Å². The fourth-order valence-corrected chi connectivity index (χ4v) is 3.25. The molecule has 3 rings (SSSR count). The molecule has 0 aliphatic carbocycles. The maximum Gasteiger partial charge on any atom is 0.251 e. The Labute approximate surface area is 139 Å². The van der Waals surface area contributed by atoms with Gasteiger partial charge < -0.3 is 10.2 Å². The van der Waals surface area contributed by atoms with Gasteiger partial charge in [0.2, 0.25) is 0 Å². The molecule has 0 unspecified atom stereocenters. The number of benzene rings is 1. The topological polar surface area (TPSA) is 58.1 Å². The van der Waals surface area contributed by atoms with Crippen molar-refractivity contribution in [3.8, 4) is 0 Å². The van der Waals surface area contributed by atoms with Crippen molar-refractivity contribution in [2.75, 3.05) is 14.1 Å². The number of aromatic nitrogens is 2. The summed E-state index contributed by atoms with van der Waals surface area (Å²) in [5, 5.41) is 3.84. The van der Waals surface area contributed by atoms with Crippen molar-refractivity contribution in [1.29, 1.82) is 0 Å². The Morgan fingerprint density at radius 2 is 2.09 bits per heavy atom. The summed E-state index contributed by atoms with van der Waals surface area (Å²) >= 11 is 1.58. The summed E-state index contributed by atoms with van der Waals surface area (Å²) in [6, 6.07) is 9.62. The van der Waals surface area contributed by atoms with Crippen LogP contribution in [0.2, 0.25) is 0 Å². The minimum absolute atomic E-state index is 0.0696. The molecule has 118 valence electrons. The molecule has 0 aliphatic rings. The molecule has 0 aliphatic heterocycles. The maximum atomic E-state index is 12.5. The first-order valence-electron chi connectivity index (χ1n) is 7.34. The largest absolute Gasteiger partial charge is 0.346 e. The fourth-order valence-electron chi connectivity index (χ4n) is 2.37. The first-order valence-corrected chi connectivity index (χ1v) is 8.15. The number of nitrogens with one attached hydrogen (secondary N) is 1. The van der Waals surface area contributed by atoms with Gasteiger partial charge in [0.25, 0.3) is 5.91 Å². The monoisotopic (exact) mass is 326 g/mol. The lowest BCUT2D eigenvalue weighted by Gasteiger charge is -2.13. The smallest absolute Gasteiger partial charge is 0.251 e. The SMILES string of the molecule is CN(C)Cc1ccccc1C(=O)NCc1nc2cnccc2s1. The quantitative estimate of drug-likeness (QED) is 0.783. The molecule has 0 atom stereocenters. The van der Waals surface area contributed by atoms with Crippen molar-refractivity contribution in [1.82, 2.24) is 20.2 Å². The summed E-state index contributed by atoms with van der Waals surface area (Å²) in [6.45, 7) is 1.16. The average molecular weight is 326 g/mol. The van der Waals surface area contributed by atoms with E-state index < -0.39 is 0 Å². The van der Waals surface area contributed by atoms with Gasteiger partial charge in [-0.3, -0.25) is 9.78 Å². The molecule has 0 radical (unpaired) electrons. The molecule has 0 saturated heterocycles. The average Bonchev–Trinajstić information content (AvgIpc) is 2.95. The first kappa shape index (κ1) is 15.6. The number of carbonyl (C=O) groups is 1. The molecule has 3 aromatic rings. The van der Waals surface area contributed by atoms with Gasteiger partial charge in [0, 0.05) is 18.3 Å². The Morgan fingerprint density at radius 1 is 1.26 bits per heavy atom. The van der Waals surface area contributed by atoms with Crippen LogP contribution in [0.3, 0.4) is 0 Å². The lowest BCUT2D eigenvalue weighted by Crippen LogP contribution is -2.25. The molecule has 0 saturated carbocycles. The Balaban J connectivity index is 1.72. The Bertz CT molecular complexity index is 795. The molecular formula is C17H18N4OS. The number of hydrogen-bond donors (Lipinski definition) is 1. The molecule has 0 bridgehead atoms. The number of thiazole rings is 1. The normalized spacial score (nSPS) is 11.1. The third kappa shape index (κ3) is 3.72. The van der Waals surface area contributed by atoms with E-state index in [1.54, 1.807) is 23.7 Å². The van der Waals surface area contributed by atoms with Crippen molar-refractivity contribution in [3.05, 3.63) is 58.9 Å². The van der Waals surface area contributed by atoms with Crippen molar-refractivity contribution < 1.29 is 4.79 Å². The van der Waals surface area contributed by atoms with Gasteiger partial charge in [0.1, 0.15) is 5.01 Å². The van der Waals surface area contributed by atoms with E-state index in [9.17, 15) is 4.79 Å². The highest BCUT2D eigenvalue weighted by atomic mass is 32.1. The molecule has 23 heavy (non-hydrogen) atoms. The van der Waals surface area contributed by atoms with E-state index in [4.69, 9.17) is 0 Å². The highest BCUT2D eigenvalue weighted by Crippen LogP contribution is 2.20. The standard InChI is InChI=1S/C17H18N4OS/c1-21(2)11-12-5-3-4-6-13(12)17(22)19-10-16-20-14-9-18-8-7-15(14)23-16/h3-9H,10-11H2,1-2H3,(H,19,22). The minimum Gasteiger partial charge on any atom is -0.346 e. The van der Waals surface area contributed by atoms with Crippen LogP contribution in [0.4, 0.5) is 0 Å². The van der Waals surface area contributed by atoms with E-state index in [-0.39, 0.29) is 5.91 Å². The van der Waals surface area contributed by atoms with E-state index in [2.05, 4.69) is 15.3 Å². The van der Waals surface area contributed by atoms with Crippen LogP contribution in [-0.2, 0) is 13.1 Å². The molecule has 2 aromatic heterocycles. The molecule has 0 fully saturated rings. The van der Waals surface area contributed by atoms with Gasteiger partial charge in [0.05, 0.1) is 23.0 Å². The zero-order chi connectivity index (χ0) is 16.2. The van der Waals surface area contributed by atoms with Crippen LogP contribution in [-0.4, -0.2) is 34.9 Å². The molecule has 2 heterocycles. The Morgan fingerprint density at radius 3 is 2.87 bits per heavy atom. The second-order valence-electron chi connectivity index (χ2n) is 5.53. The predicted molar refractivity (Wildman–Crippen MR) is 92.4 cm³/mol. The lowest BCUT2D eigenvalue weighted by atomic mass is 10.1. The van der Waals surface area contributed by atoms with Crippen LogP contribution in [0.25, 0.3) is 10.2 Å². The van der Waals surface area contributed by atoms with Crippen LogP contribution in [0.15, 0.2) is 42.7 Å². The van der Waals surface area contributed by atoms with E-state index >= 15 is 0 Å². The second-order valence-corrected chi connectivity index (χ2v) is 6.64. The molecule has 1 aromatic carbocycles. The zero-order valence-corrected chi connectivity index (χ0v) is 13.9. The van der Waals surface area contributed by atoms with Crippen LogP contribution in [0.5, 0.6) is 0 Å². The van der Waals surface area contributed by atoms with Gasteiger partial charge in [-0.1, -0.05) is 18.2 Å². The summed E-state index contributed by atoms with van der Waals surface area (Å²) in [4.78, 5) is 23.1. The van der Waals surface area contributed by atoms with E-state index in [0.29, 0.717) is 12.1 Å². The van der Waals surface area contributed by atoms with E-state index in [0.717, 1.165) is 27.3 Å². The summed E-state index contributed by atoms with van der Waals surface area (Å²) in [6.07, 6.45) is 3.49. The zero-order valence-electron chi connectivity index (χ0n) is 13.1. The van der Waals surface area contributed by atoms with Crippen molar-refractivity contribution in [2.45, 2.75) is 13.1 Å². The highest BCUT2D eigenvalue weighted by molar-refractivity contribution is 7.18. The number of rotatable bonds is 5. The number of fused-ring (bicyclic) bond motifs is 1. The van der Waals surface area contributed by atoms with Crippen molar-refractivity contribution >= 4 is 27.5 Å². The highest BCUT2D eigenvalue weighted by Gasteiger charge is 2.12. The number of pyridine rings is 1. The van der Waals surface area contributed by atoms with Gasteiger partial charge in [-0.15, -0.1) is 11.3 Å². The van der Waals surface area contributed by atoms with Gasteiger partial charge in [-0.05, 0) is 31.8 Å². The minimum atomic E-state index is -0.0696. The van der Waals surface area contributed by atoms with Crippen LogP contribution < -0.4 is 5.32 Å². The Hall–Kier alpha value is -2.31. The van der Waals surface area contributed by atoms with Crippen LogP contribution in [0, 0.1) is 0 Å². The fraction of sp³-hybridized carbons (Fsp3) is 0.235. The number of carbonyl (C=O) groups excluding carboxylic acids is 1. The number of amides is 1. The lowest BCUT2D eigenvalue weighted by molar-refractivity contribution is 0.0949. The van der Waals surface area contributed by atoms with Crippen LogP contribution >= 0.6 is 11.3 Å².